The first-order chi connectivity index (χ1) is 15.0. The third-order valence-corrected chi connectivity index (χ3v) is 5.80. The van der Waals surface area contributed by atoms with Gasteiger partial charge in [-0.25, -0.2) is 4.79 Å². The minimum Gasteiger partial charge on any atom is -0.366 e. The van der Waals surface area contributed by atoms with Crippen molar-refractivity contribution in [2.75, 3.05) is 11.9 Å². The van der Waals surface area contributed by atoms with Crippen LogP contribution in [0.1, 0.15) is 110 Å². The van der Waals surface area contributed by atoms with Crippen molar-refractivity contribution in [1.82, 2.24) is 9.55 Å². The van der Waals surface area contributed by atoms with Crippen molar-refractivity contribution in [3.05, 3.63) is 31.0 Å². The second kappa shape index (κ2) is 16.6. The molecule has 178 valence electrons. The fourth-order valence-corrected chi connectivity index (χ4v) is 3.79. The van der Waals surface area contributed by atoms with Gasteiger partial charge in [-0.2, -0.15) is 0 Å². The van der Waals surface area contributed by atoms with Crippen LogP contribution in [-0.2, 0) is 7.05 Å². The van der Waals surface area contributed by atoms with Crippen LogP contribution in [0.15, 0.2) is 9.59 Å². The maximum atomic E-state index is 11.9. The lowest BCUT2D eigenvalue weighted by molar-refractivity contribution is -0.385. The number of hydrogen-bond acceptors (Lipinski definition) is 5. The molecule has 0 aromatic carbocycles. The van der Waals surface area contributed by atoms with E-state index in [4.69, 9.17) is 0 Å². The van der Waals surface area contributed by atoms with Crippen molar-refractivity contribution in [1.29, 1.82) is 0 Å². The van der Waals surface area contributed by atoms with Gasteiger partial charge in [0.15, 0.2) is 5.82 Å². The molecular formula is C23H42N4O4. The van der Waals surface area contributed by atoms with E-state index in [0.717, 1.165) is 19.3 Å². The highest BCUT2D eigenvalue weighted by molar-refractivity contribution is 5.53. The van der Waals surface area contributed by atoms with Gasteiger partial charge in [-0.3, -0.25) is 24.5 Å². The zero-order chi connectivity index (χ0) is 22.9. The number of rotatable bonds is 19. The van der Waals surface area contributed by atoms with Crippen molar-refractivity contribution in [3.63, 3.8) is 0 Å². The van der Waals surface area contributed by atoms with Gasteiger partial charge >= 0.3 is 16.9 Å². The quantitative estimate of drug-likeness (QED) is 0.165. The van der Waals surface area contributed by atoms with Gasteiger partial charge < -0.3 is 5.32 Å². The lowest BCUT2D eigenvalue weighted by Gasteiger charge is -2.07. The Labute approximate surface area is 186 Å². The number of nitrogens with zero attached hydrogens (tertiary/aromatic N) is 2. The molecule has 0 atom stereocenters. The first-order valence-corrected chi connectivity index (χ1v) is 12.2. The highest BCUT2D eigenvalue weighted by Crippen LogP contribution is 2.16. The normalized spacial score (nSPS) is 11.0. The SMILES string of the molecule is CCCCCCCCCCCCCCCCCCNc1[nH]c(=O)n(C)c(=O)c1[N+](=O)[O-]. The van der Waals surface area contributed by atoms with E-state index in [1.54, 1.807) is 0 Å². The van der Waals surface area contributed by atoms with E-state index in [1.807, 2.05) is 0 Å². The number of aromatic nitrogens is 2. The fourth-order valence-electron chi connectivity index (χ4n) is 3.79. The predicted molar refractivity (Wildman–Crippen MR) is 127 cm³/mol. The summed E-state index contributed by atoms with van der Waals surface area (Å²) in [5.74, 6) is -0.0981. The number of unbranched alkanes of at least 4 members (excludes halogenated alkanes) is 15. The van der Waals surface area contributed by atoms with Gasteiger partial charge in [0.2, 0.25) is 0 Å². The Kier molecular flexibility index (Phi) is 14.4. The van der Waals surface area contributed by atoms with E-state index in [-0.39, 0.29) is 5.82 Å². The molecule has 0 radical (unpaired) electrons. The van der Waals surface area contributed by atoms with Gasteiger partial charge in [-0.15, -0.1) is 0 Å². The second-order valence-corrected chi connectivity index (χ2v) is 8.51. The number of nitro groups is 1. The number of aromatic amines is 1. The van der Waals surface area contributed by atoms with Crippen LogP contribution in [-0.4, -0.2) is 21.0 Å². The second-order valence-electron chi connectivity index (χ2n) is 8.51. The van der Waals surface area contributed by atoms with Gasteiger partial charge in [0.25, 0.3) is 0 Å². The molecule has 0 saturated heterocycles. The predicted octanol–water partition coefficient (Wildman–Crippen LogP) is 5.66. The van der Waals surface area contributed by atoms with Crippen molar-refractivity contribution in [3.8, 4) is 0 Å². The van der Waals surface area contributed by atoms with Crippen LogP contribution in [0.2, 0.25) is 0 Å². The molecule has 31 heavy (non-hydrogen) atoms. The summed E-state index contributed by atoms with van der Waals surface area (Å²) in [7, 11) is 1.22. The molecule has 0 amide bonds. The molecule has 1 aromatic heterocycles. The molecule has 0 aliphatic heterocycles. The summed E-state index contributed by atoms with van der Waals surface area (Å²) >= 11 is 0. The van der Waals surface area contributed by atoms with Gasteiger partial charge in [-0.1, -0.05) is 103 Å². The van der Waals surface area contributed by atoms with Crippen LogP contribution in [0, 0.1) is 10.1 Å². The topological polar surface area (TPSA) is 110 Å². The summed E-state index contributed by atoms with van der Waals surface area (Å²) < 4.78 is 0.706. The molecule has 0 aliphatic carbocycles. The van der Waals surface area contributed by atoms with E-state index in [0.29, 0.717) is 11.1 Å². The molecule has 0 spiro atoms. The van der Waals surface area contributed by atoms with Crippen molar-refractivity contribution in [2.24, 2.45) is 7.05 Å². The monoisotopic (exact) mass is 438 g/mol. The highest BCUT2D eigenvalue weighted by Gasteiger charge is 2.22. The van der Waals surface area contributed by atoms with Crippen LogP contribution in [0.3, 0.4) is 0 Å². The fraction of sp³-hybridized carbons (Fsp3) is 0.826. The van der Waals surface area contributed by atoms with Gasteiger partial charge in [0, 0.05) is 13.6 Å². The molecule has 0 saturated carbocycles. The standard InChI is InChI=1S/C23H42N4O4/c1-3-4-5-6-7-8-9-10-11-12-13-14-15-16-17-18-19-24-21-20(27(30)31)22(28)26(2)23(29)25-21/h24H,3-19H2,1-2H3,(H,25,29). The maximum absolute atomic E-state index is 11.9. The summed E-state index contributed by atoms with van der Waals surface area (Å²) in [6.07, 6.45) is 20.5. The van der Waals surface area contributed by atoms with Gasteiger partial charge in [0.05, 0.1) is 4.92 Å². The Morgan fingerprint density at radius 2 is 1.23 bits per heavy atom. The number of nitrogens with one attached hydrogen (secondary N) is 2. The largest absolute Gasteiger partial charge is 0.374 e. The minimum absolute atomic E-state index is 0.0981. The molecule has 0 unspecified atom stereocenters. The maximum Gasteiger partial charge on any atom is 0.374 e. The van der Waals surface area contributed by atoms with Crippen molar-refractivity contribution < 1.29 is 4.92 Å². The number of H-pyrrole nitrogens is 1. The molecule has 2 N–H and O–H groups in total. The van der Waals surface area contributed by atoms with E-state index in [2.05, 4.69) is 17.2 Å². The lowest BCUT2D eigenvalue weighted by Crippen LogP contribution is -2.35. The minimum atomic E-state index is -0.900. The number of anilines is 1. The van der Waals surface area contributed by atoms with Crippen molar-refractivity contribution in [2.45, 2.75) is 110 Å². The van der Waals surface area contributed by atoms with Gasteiger partial charge in [0.1, 0.15) is 0 Å². The summed E-state index contributed by atoms with van der Waals surface area (Å²) in [4.78, 5) is 36.3. The first-order valence-electron chi connectivity index (χ1n) is 12.2. The Balaban J connectivity index is 2.02. The van der Waals surface area contributed by atoms with Crippen LogP contribution in [0.5, 0.6) is 0 Å². The summed E-state index contributed by atoms with van der Waals surface area (Å²) in [5.41, 5.74) is -2.17. The molecule has 0 fully saturated rings. The average molecular weight is 439 g/mol. The molecule has 1 heterocycles. The molecule has 1 aromatic rings. The number of hydrogen-bond donors (Lipinski definition) is 2. The zero-order valence-corrected chi connectivity index (χ0v) is 19.5. The smallest absolute Gasteiger partial charge is 0.366 e. The Morgan fingerprint density at radius 1 is 0.806 bits per heavy atom. The van der Waals surface area contributed by atoms with Crippen LogP contribution in [0.25, 0.3) is 0 Å². The van der Waals surface area contributed by atoms with Gasteiger partial charge in [-0.05, 0) is 6.42 Å². The van der Waals surface area contributed by atoms with E-state index >= 15 is 0 Å². The summed E-state index contributed by atoms with van der Waals surface area (Å²) in [6, 6.07) is 0. The Morgan fingerprint density at radius 3 is 1.65 bits per heavy atom. The van der Waals surface area contributed by atoms with E-state index < -0.39 is 21.9 Å². The lowest BCUT2D eigenvalue weighted by atomic mass is 10.0. The first kappa shape index (κ1) is 26.9. The molecular weight excluding hydrogens is 396 g/mol. The zero-order valence-electron chi connectivity index (χ0n) is 19.5. The van der Waals surface area contributed by atoms with Crippen LogP contribution in [0.4, 0.5) is 11.5 Å². The van der Waals surface area contributed by atoms with E-state index in [9.17, 15) is 19.7 Å². The molecule has 8 nitrogen and oxygen atoms in total. The molecule has 8 heteroatoms. The summed E-state index contributed by atoms with van der Waals surface area (Å²) in [6.45, 7) is 2.75. The molecule has 0 bridgehead atoms. The van der Waals surface area contributed by atoms with Crippen LogP contribution >= 0.6 is 0 Å². The molecule has 0 aliphatic rings. The van der Waals surface area contributed by atoms with Crippen LogP contribution < -0.4 is 16.6 Å². The van der Waals surface area contributed by atoms with E-state index in [1.165, 1.54) is 90.5 Å². The third kappa shape index (κ3) is 11.2. The average Bonchev–Trinajstić information content (AvgIpc) is 2.74. The Bertz CT molecular complexity index is 742. The summed E-state index contributed by atoms with van der Waals surface area (Å²) in [5, 5.41) is 14.0. The highest BCUT2D eigenvalue weighted by atomic mass is 16.6. The Hall–Kier alpha value is -2.12. The molecule has 1 rings (SSSR count). The third-order valence-electron chi connectivity index (χ3n) is 5.80. The van der Waals surface area contributed by atoms with Crippen molar-refractivity contribution >= 4 is 11.5 Å².